The minimum Gasteiger partial charge on any atom is -0.309 e. The van der Waals surface area contributed by atoms with Gasteiger partial charge >= 0.3 is 0 Å². The molecule has 0 atom stereocenters. The fourth-order valence-corrected chi connectivity index (χ4v) is 2.68. The molecule has 0 saturated carbocycles. The second kappa shape index (κ2) is 7.53. The summed E-state index contributed by atoms with van der Waals surface area (Å²) in [5.41, 5.74) is 3.28. The molecule has 0 bridgehead atoms. The summed E-state index contributed by atoms with van der Waals surface area (Å²) in [7, 11) is 0. The first kappa shape index (κ1) is 17.2. The zero-order valence-corrected chi connectivity index (χ0v) is 15.0. The lowest BCUT2D eigenvalue weighted by Crippen LogP contribution is -2.16. The van der Waals surface area contributed by atoms with Crippen molar-refractivity contribution in [3.8, 4) is 0 Å². The Hall–Kier alpha value is -2.60. The van der Waals surface area contributed by atoms with Crippen LogP contribution in [0.4, 0.5) is 5.82 Å². The Balaban J connectivity index is 1.55. The number of rotatable bonds is 6. The predicted octanol–water partition coefficient (Wildman–Crippen LogP) is 3.43. The number of nitrogens with one attached hydrogen (secondary N) is 1. The van der Waals surface area contributed by atoms with Crippen molar-refractivity contribution in [3.63, 3.8) is 0 Å². The van der Waals surface area contributed by atoms with Crippen molar-refractivity contribution in [2.75, 3.05) is 5.32 Å². The van der Waals surface area contributed by atoms with Crippen molar-refractivity contribution >= 4 is 23.3 Å². The Kier molecular flexibility index (Phi) is 5.19. The van der Waals surface area contributed by atoms with E-state index in [1.807, 2.05) is 29.9 Å². The molecule has 1 amide bonds. The summed E-state index contributed by atoms with van der Waals surface area (Å²) in [4.78, 5) is 12.1. The number of benzene rings is 1. The smallest absolute Gasteiger partial charge is 0.227 e. The van der Waals surface area contributed by atoms with Gasteiger partial charge in [0.2, 0.25) is 5.91 Å². The van der Waals surface area contributed by atoms with E-state index in [9.17, 15) is 4.79 Å². The summed E-state index contributed by atoms with van der Waals surface area (Å²) in [6.07, 6.45) is 3.75. The van der Waals surface area contributed by atoms with Crippen LogP contribution in [-0.4, -0.2) is 25.5 Å². The van der Waals surface area contributed by atoms with E-state index in [-0.39, 0.29) is 5.91 Å². The lowest BCUT2D eigenvalue weighted by Gasteiger charge is -2.06. The first-order valence-electron chi connectivity index (χ1n) is 8.08. The molecule has 0 aliphatic carbocycles. The van der Waals surface area contributed by atoms with Crippen LogP contribution in [0.15, 0.2) is 42.7 Å². The number of aryl methyl sites for hydroxylation is 2. The summed E-state index contributed by atoms with van der Waals surface area (Å²) in [5, 5.41) is 12.0. The highest BCUT2D eigenvalue weighted by Gasteiger charge is 2.09. The molecule has 1 aromatic carbocycles. The molecule has 7 heteroatoms. The SMILES string of the molecule is Cc1ccccc1Cn1ccc(NC(=O)CCn2ncc(Cl)c2C)n1. The molecule has 0 aliphatic rings. The number of amides is 1. The number of aromatic nitrogens is 4. The van der Waals surface area contributed by atoms with Crippen LogP contribution in [0.2, 0.25) is 5.02 Å². The Morgan fingerprint density at radius 1 is 1.24 bits per heavy atom. The Bertz CT molecular complexity index is 883. The summed E-state index contributed by atoms with van der Waals surface area (Å²) in [5.74, 6) is 0.445. The lowest BCUT2D eigenvalue weighted by molar-refractivity contribution is -0.116. The number of halogens is 1. The Morgan fingerprint density at radius 2 is 2.04 bits per heavy atom. The van der Waals surface area contributed by atoms with Crippen LogP contribution >= 0.6 is 11.6 Å². The summed E-state index contributed by atoms with van der Waals surface area (Å²) in [6.45, 7) is 5.10. The largest absolute Gasteiger partial charge is 0.309 e. The number of carbonyl (C=O) groups is 1. The minimum absolute atomic E-state index is 0.104. The van der Waals surface area contributed by atoms with Crippen molar-refractivity contribution in [2.24, 2.45) is 0 Å². The van der Waals surface area contributed by atoms with E-state index >= 15 is 0 Å². The van der Waals surface area contributed by atoms with Gasteiger partial charge in [-0.15, -0.1) is 0 Å². The van der Waals surface area contributed by atoms with Gasteiger partial charge in [0.25, 0.3) is 0 Å². The number of carbonyl (C=O) groups excluding carboxylic acids is 1. The molecule has 2 heterocycles. The highest BCUT2D eigenvalue weighted by molar-refractivity contribution is 6.31. The molecule has 3 aromatic rings. The summed E-state index contributed by atoms with van der Waals surface area (Å²) >= 11 is 5.96. The molecule has 0 spiro atoms. The fraction of sp³-hybridized carbons (Fsp3) is 0.278. The molecule has 1 N–H and O–H groups in total. The minimum atomic E-state index is -0.104. The number of hydrogen-bond donors (Lipinski definition) is 1. The molecule has 130 valence electrons. The topological polar surface area (TPSA) is 64.7 Å². The third kappa shape index (κ3) is 4.28. The molecule has 25 heavy (non-hydrogen) atoms. The monoisotopic (exact) mass is 357 g/mol. The van der Waals surface area contributed by atoms with Gasteiger partial charge in [-0.25, -0.2) is 0 Å². The van der Waals surface area contributed by atoms with Gasteiger partial charge in [0.05, 0.1) is 30.0 Å². The molecule has 0 radical (unpaired) electrons. The average molecular weight is 358 g/mol. The molecule has 0 saturated heterocycles. The van der Waals surface area contributed by atoms with Gasteiger partial charge in [-0.1, -0.05) is 35.9 Å². The molecule has 0 unspecified atom stereocenters. The maximum absolute atomic E-state index is 12.1. The normalized spacial score (nSPS) is 10.8. The highest BCUT2D eigenvalue weighted by atomic mass is 35.5. The van der Waals surface area contributed by atoms with Gasteiger partial charge in [-0.3, -0.25) is 14.2 Å². The first-order valence-corrected chi connectivity index (χ1v) is 8.46. The quantitative estimate of drug-likeness (QED) is 0.735. The zero-order chi connectivity index (χ0) is 17.8. The van der Waals surface area contributed by atoms with Crippen LogP contribution in [-0.2, 0) is 17.9 Å². The predicted molar refractivity (Wildman–Crippen MR) is 97.7 cm³/mol. The molecule has 3 rings (SSSR count). The first-order chi connectivity index (χ1) is 12.0. The van der Waals surface area contributed by atoms with Crippen LogP contribution in [0.5, 0.6) is 0 Å². The van der Waals surface area contributed by atoms with Crippen molar-refractivity contribution in [3.05, 3.63) is 64.6 Å². The maximum atomic E-state index is 12.1. The summed E-state index contributed by atoms with van der Waals surface area (Å²) < 4.78 is 3.54. The molecule has 0 fully saturated rings. The maximum Gasteiger partial charge on any atom is 0.227 e. The number of hydrogen-bond acceptors (Lipinski definition) is 3. The van der Waals surface area contributed by atoms with Crippen molar-refractivity contribution in [1.82, 2.24) is 19.6 Å². The van der Waals surface area contributed by atoms with Crippen LogP contribution in [0.25, 0.3) is 0 Å². The van der Waals surface area contributed by atoms with Gasteiger partial charge in [0.15, 0.2) is 5.82 Å². The van der Waals surface area contributed by atoms with Gasteiger partial charge in [-0.05, 0) is 25.0 Å². The molecule has 6 nitrogen and oxygen atoms in total. The van der Waals surface area contributed by atoms with E-state index in [4.69, 9.17) is 11.6 Å². The van der Waals surface area contributed by atoms with E-state index in [1.54, 1.807) is 16.9 Å². The summed E-state index contributed by atoms with van der Waals surface area (Å²) in [6, 6.07) is 9.98. The van der Waals surface area contributed by atoms with E-state index in [1.165, 1.54) is 11.1 Å². The third-order valence-electron chi connectivity index (χ3n) is 4.10. The number of anilines is 1. The van der Waals surface area contributed by atoms with Gasteiger partial charge in [0.1, 0.15) is 0 Å². The molecule has 0 aliphatic heterocycles. The molecule has 2 aromatic heterocycles. The molecular weight excluding hydrogens is 338 g/mol. The Labute approximate surface area is 151 Å². The van der Waals surface area contributed by atoms with Crippen LogP contribution in [0, 0.1) is 13.8 Å². The van der Waals surface area contributed by atoms with Crippen molar-refractivity contribution in [2.45, 2.75) is 33.4 Å². The average Bonchev–Trinajstić information content (AvgIpc) is 3.15. The van der Waals surface area contributed by atoms with E-state index in [0.717, 1.165) is 5.69 Å². The Morgan fingerprint density at radius 3 is 2.76 bits per heavy atom. The molecular formula is C18H20ClN5O. The van der Waals surface area contributed by atoms with Crippen LogP contribution in [0.3, 0.4) is 0 Å². The van der Waals surface area contributed by atoms with Crippen LogP contribution < -0.4 is 5.32 Å². The van der Waals surface area contributed by atoms with Crippen molar-refractivity contribution < 1.29 is 4.79 Å². The van der Waals surface area contributed by atoms with Gasteiger partial charge in [0, 0.05) is 18.7 Å². The standard InChI is InChI=1S/C18H20ClN5O/c1-13-5-3-4-6-15(13)12-23-9-7-17(22-23)21-18(25)8-10-24-14(2)16(19)11-20-24/h3-7,9,11H,8,10,12H2,1-2H3,(H,21,22,25). The fourth-order valence-electron chi connectivity index (χ4n) is 2.54. The van der Waals surface area contributed by atoms with Crippen molar-refractivity contribution in [1.29, 1.82) is 0 Å². The number of nitrogens with zero attached hydrogens (tertiary/aromatic N) is 4. The van der Waals surface area contributed by atoms with Crippen LogP contribution in [0.1, 0.15) is 23.2 Å². The second-order valence-electron chi connectivity index (χ2n) is 5.92. The van der Waals surface area contributed by atoms with E-state index in [0.29, 0.717) is 30.4 Å². The second-order valence-corrected chi connectivity index (χ2v) is 6.33. The van der Waals surface area contributed by atoms with Gasteiger partial charge < -0.3 is 5.32 Å². The lowest BCUT2D eigenvalue weighted by atomic mass is 10.1. The van der Waals surface area contributed by atoms with E-state index in [2.05, 4.69) is 34.6 Å². The zero-order valence-electron chi connectivity index (χ0n) is 14.2. The van der Waals surface area contributed by atoms with E-state index < -0.39 is 0 Å². The van der Waals surface area contributed by atoms with Gasteiger partial charge in [-0.2, -0.15) is 10.2 Å². The third-order valence-corrected chi connectivity index (χ3v) is 4.47. The highest BCUT2D eigenvalue weighted by Crippen LogP contribution is 2.14.